The average Bonchev–Trinajstić information content (AvgIpc) is 3.13. The van der Waals surface area contributed by atoms with Gasteiger partial charge in [0.05, 0.1) is 19.8 Å². The summed E-state index contributed by atoms with van der Waals surface area (Å²) in [5.41, 5.74) is 1.47. The van der Waals surface area contributed by atoms with Crippen LogP contribution in [0.1, 0.15) is 20.9 Å². The summed E-state index contributed by atoms with van der Waals surface area (Å²) >= 11 is 1.25. The number of nitrogens with one attached hydrogen (secondary N) is 1. The first-order valence-electron chi connectivity index (χ1n) is 8.15. The Balaban J connectivity index is 1.66. The van der Waals surface area contributed by atoms with Crippen LogP contribution in [0.4, 0.5) is 5.13 Å². The molecule has 3 rings (SSSR count). The van der Waals surface area contributed by atoms with Gasteiger partial charge in [-0.1, -0.05) is 29.5 Å². The number of benzene rings is 2. The van der Waals surface area contributed by atoms with E-state index in [1.54, 1.807) is 18.2 Å². The molecule has 0 aliphatic heterocycles. The highest BCUT2D eigenvalue weighted by molar-refractivity contribution is 7.15. The summed E-state index contributed by atoms with van der Waals surface area (Å²) in [6, 6.07) is 12.8. The monoisotopic (exact) mass is 385 g/mol. The van der Waals surface area contributed by atoms with E-state index in [9.17, 15) is 4.79 Å². The number of carbonyl (C=O) groups excluding carboxylic acids is 1. The zero-order valence-electron chi connectivity index (χ0n) is 15.2. The third-order valence-electron chi connectivity index (χ3n) is 3.69. The van der Waals surface area contributed by atoms with Gasteiger partial charge in [0.25, 0.3) is 5.91 Å². The van der Waals surface area contributed by atoms with Crippen LogP contribution in [-0.2, 0) is 6.61 Å². The number of anilines is 1. The lowest BCUT2D eigenvalue weighted by Gasteiger charge is -2.11. The molecule has 140 valence electrons. The maximum absolute atomic E-state index is 12.5. The molecule has 7 nitrogen and oxygen atoms in total. The fourth-order valence-corrected chi connectivity index (χ4v) is 3.09. The third-order valence-corrected chi connectivity index (χ3v) is 4.50. The molecule has 0 bridgehead atoms. The number of hydrogen-bond donors (Lipinski definition) is 1. The molecule has 0 aliphatic rings. The number of carbonyl (C=O) groups is 1. The van der Waals surface area contributed by atoms with E-state index in [2.05, 4.69) is 15.5 Å². The van der Waals surface area contributed by atoms with Gasteiger partial charge in [0.2, 0.25) is 5.13 Å². The molecule has 1 amide bonds. The van der Waals surface area contributed by atoms with Crippen molar-refractivity contribution >= 4 is 22.4 Å². The lowest BCUT2D eigenvalue weighted by atomic mass is 10.1. The van der Waals surface area contributed by atoms with Crippen molar-refractivity contribution in [3.8, 4) is 17.2 Å². The van der Waals surface area contributed by atoms with Gasteiger partial charge < -0.3 is 14.2 Å². The number of aromatic nitrogens is 2. The summed E-state index contributed by atoms with van der Waals surface area (Å²) in [5, 5.41) is 11.8. The van der Waals surface area contributed by atoms with E-state index < -0.39 is 0 Å². The Morgan fingerprint density at radius 3 is 2.67 bits per heavy atom. The molecule has 8 heteroatoms. The van der Waals surface area contributed by atoms with E-state index in [0.717, 1.165) is 11.3 Å². The summed E-state index contributed by atoms with van der Waals surface area (Å²) in [6.07, 6.45) is 0. The normalized spacial score (nSPS) is 10.3. The van der Waals surface area contributed by atoms with Crippen molar-refractivity contribution in [2.45, 2.75) is 13.5 Å². The minimum Gasteiger partial charge on any atom is -0.493 e. The smallest absolute Gasteiger partial charge is 0.261 e. The summed E-state index contributed by atoms with van der Waals surface area (Å²) < 4.78 is 16.2. The van der Waals surface area contributed by atoms with Gasteiger partial charge in [-0.2, -0.15) is 0 Å². The van der Waals surface area contributed by atoms with E-state index in [1.165, 1.54) is 25.6 Å². The number of ether oxygens (including phenoxy) is 3. The van der Waals surface area contributed by atoms with Crippen LogP contribution in [0.25, 0.3) is 0 Å². The number of methoxy groups -OCH3 is 2. The van der Waals surface area contributed by atoms with Crippen LogP contribution in [0, 0.1) is 6.92 Å². The molecule has 27 heavy (non-hydrogen) atoms. The van der Waals surface area contributed by atoms with E-state index in [0.29, 0.717) is 27.2 Å². The first-order chi connectivity index (χ1) is 13.1. The minimum atomic E-state index is -0.354. The maximum atomic E-state index is 12.5. The number of nitrogens with zero attached hydrogens (tertiary/aromatic N) is 2. The first kappa shape index (κ1) is 18.7. The molecule has 1 aromatic heterocycles. The molecule has 0 fully saturated rings. The molecular formula is C19H19N3O4S. The summed E-state index contributed by atoms with van der Waals surface area (Å²) in [7, 11) is 3.01. The molecule has 0 saturated heterocycles. The number of aryl methyl sites for hydroxylation is 1. The molecule has 0 aliphatic carbocycles. The molecule has 1 N–H and O–H groups in total. The van der Waals surface area contributed by atoms with Crippen LogP contribution in [0.3, 0.4) is 0 Å². The van der Waals surface area contributed by atoms with Crippen molar-refractivity contribution in [2.75, 3.05) is 19.5 Å². The summed E-state index contributed by atoms with van der Waals surface area (Å²) in [4.78, 5) is 12.5. The Bertz CT molecular complexity index is 942. The second-order valence-electron chi connectivity index (χ2n) is 5.60. The molecule has 0 spiro atoms. The van der Waals surface area contributed by atoms with E-state index in [1.807, 2.05) is 31.2 Å². The molecule has 0 unspecified atom stereocenters. The van der Waals surface area contributed by atoms with E-state index in [-0.39, 0.29) is 12.5 Å². The predicted molar refractivity (Wildman–Crippen MR) is 103 cm³/mol. The Labute approximate surface area is 160 Å². The minimum absolute atomic E-state index is 0.277. The van der Waals surface area contributed by atoms with Crippen molar-refractivity contribution in [1.82, 2.24) is 10.2 Å². The first-order valence-corrected chi connectivity index (χ1v) is 8.96. The van der Waals surface area contributed by atoms with Gasteiger partial charge in [0.15, 0.2) is 16.5 Å². The molecule has 0 radical (unpaired) electrons. The number of amides is 1. The molecule has 3 aromatic rings. The Kier molecular flexibility index (Phi) is 5.87. The fourth-order valence-electron chi connectivity index (χ4n) is 2.44. The van der Waals surface area contributed by atoms with Gasteiger partial charge in [-0.25, -0.2) is 0 Å². The number of hydrogen-bond acceptors (Lipinski definition) is 7. The number of para-hydroxylation sites is 1. The van der Waals surface area contributed by atoms with Crippen LogP contribution in [-0.4, -0.2) is 30.3 Å². The van der Waals surface area contributed by atoms with E-state index in [4.69, 9.17) is 14.2 Å². The van der Waals surface area contributed by atoms with Crippen LogP contribution in [0.5, 0.6) is 17.2 Å². The highest BCUT2D eigenvalue weighted by Crippen LogP contribution is 2.31. The highest BCUT2D eigenvalue weighted by Gasteiger charge is 2.18. The van der Waals surface area contributed by atoms with Crippen LogP contribution in [0.15, 0.2) is 42.5 Å². The summed E-state index contributed by atoms with van der Waals surface area (Å²) in [6.45, 7) is 2.28. The second-order valence-corrected chi connectivity index (χ2v) is 6.66. The third kappa shape index (κ3) is 4.53. The second kappa shape index (κ2) is 8.50. The van der Waals surface area contributed by atoms with Gasteiger partial charge in [-0.3, -0.25) is 10.1 Å². The van der Waals surface area contributed by atoms with Crippen molar-refractivity contribution < 1.29 is 19.0 Å². The Morgan fingerprint density at radius 1 is 1.11 bits per heavy atom. The predicted octanol–water partition coefficient (Wildman–Crippen LogP) is 3.70. The summed E-state index contributed by atoms with van der Waals surface area (Å²) in [5.74, 6) is 1.25. The quantitative estimate of drug-likeness (QED) is 0.668. The highest BCUT2D eigenvalue weighted by atomic mass is 32.1. The van der Waals surface area contributed by atoms with Crippen LogP contribution < -0.4 is 19.5 Å². The lowest BCUT2D eigenvalue weighted by Crippen LogP contribution is -2.13. The molecule has 0 atom stereocenters. The van der Waals surface area contributed by atoms with Crippen molar-refractivity contribution in [1.29, 1.82) is 0 Å². The molecule has 1 heterocycles. The van der Waals surface area contributed by atoms with E-state index >= 15 is 0 Å². The Morgan fingerprint density at radius 2 is 1.93 bits per heavy atom. The molecule has 0 saturated carbocycles. The Hall–Kier alpha value is -3.13. The SMILES string of the molecule is COc1cccc(C(=O)Nc2nnc(COc3cccc(C)c3)s2)c1OC. The lowest BCUT2D eigenvalue weighted by molar-refractivity contribution is 0.102. The largest absolute Gasteiger partial charge is 0.493 e. The zero-order chi connectivity index (χ0) is 19.2. The van der Waals surface area contributed by atoms with Crippen molar-refractivity contribution in [3.63, 3.8) is 0 Å². The van der Waals surface area contributed by atoms with Gasteiger partial charge in [-0.05, 0) is 36.8 Å². The average molecular weight is 385 g/mol. The molecule has 2 aromatic carbocycles. The van der Waals surface area contributed by atoms with Crippen LogP contribution in [0.2, 0.25) is 0 Å². The maximum Gasteiger partial charge on any atom is 0.261 e. The van der Waals surface area contributed by atoms with Gasteiger partial charge in [0, 0.05) is 0 Å². The number of rotatable bonds is 7. The fraction of sp³-hybridized carbons (Fsp3) is 0.211. The topological polar surface area (TPSA) is 82.6 Å². The van der Waals surface area contributed by atoms with Gasteiger partial charge in [-0.15, -0.1) is 10.2 Å². The van der Waals surface area contributed by atoms with Crippen LogP contribution >= 0.6 is 11.3 Å². The molecular weight excluding hydrogens is 366 g/mol. The van der Waals surface area contributed by atoms with Gasteiger partial charge in [0.1, 0.15) is 12.4 Å². The van der Waals surface area contributed by atoms with Gasteiger partial charge >= 0.3 is 0 Å². The van der Waals surface area contributed by atoms with Crippen molar-refractivity contribution in [3.05, 3.63) is 58.6 Å². The zero-order valence-corrected chi connectivity index (χ0v) is 16.0. The standard InChI is InChI=1S/C19H19N3O4S/c1-12-6-4-7-13(10-12)26-11-16-21-22-19(27-16)20-18(23)14-8-5-9-15(24-2)17(14)25-3/h4-10H,11H2,1-3H3,(H,20,22,23). The van der Waals surface area contributed by atoms with Crippen molar-refractivity contribution in [2.24, 2.45) is 0 Å².